The molecule has 0 aliphatic rings. The summed E-state index contributed by atoms with van der Waals surface area (Å²) in [5.41, 5.74) is 1.28. The minimum Gasteiger partial charge on any atom is -0.465 e. The molecule has 0 atom stereocenters. The van der Waals surface area contributed by atoms with Crippen molar-refractivity contribution in [1.29, 1.82) is 0 Å². The molecule has 2 N–H and O–H groups in total. The Morgan fingerprint density at radius 3 is 1.79 bits per heavy atom. The first-order valence-corrected chi connectivity index (χ1v) is 10.3. The lowest BCUT2D eigenvalue weighted by molar-refractivity contribution is -0.383. The third-order valence-electron chi connectivity index (χ3n) is 4.50. The number of hydrogen-bond acceptors (Lipinski definition) is 10. The van der Waals surface area contributed by atoms with E-state index in [1.807, 2.05) is 13.8 Å². The SMILES string of the molecule is COC(=O)c1ccc(Nc2ncnc(Nc3ccc(C(=O)OCC(C)C)cc3)c2[N+](=O)[O-])cc1. The van der Waals surface area contributed by atoms with Crippen LogP contribution in [0.3, 0.4) is 0 Å². The number of carbonyl (C=O) groups is 2. The number of hydrogen-bond donors (Lipinski definition) is 2. The summed E-state index contributed by atoms with van der Waals surface area (Å²) in [7, 11) is 1.28. The van der Waals surface area contributed by atoms with E-state index < -0.39 is 16.9 Å². The van der Waals surface area contributed by atoms with E-state index in [0.29, 0.717) is 29.1 Å². The van der Waals surface area contributed by atoms with Gasteiger partial charge in [0, 0.05) is 11.4 Å². The monoisotopic (exact) mass is 465 g/mol. The van der Waals surface area contributed by atoms with E-state index >= 15 is 0 Å². The molecule has 11 heteroatoms. The number of carbonyl (C=O) groups excluding carboxylic acids is 2. The Kier molecular flexibility index (Phi) is 7.70. The molecule has 0 fully saturated rings. The molecule has 0 saturated heterocycles. The second-order valence-corrected chi connectivity index (χ2v) is 7.57. The van der Waals surface area contributed by atoms with Crippen molar-refractivity contribution in [2.75, 3.05) is 24.4 Å². The van der Waals surface area contributed by atoms with Gasteiger partial charge < -0.3 is 20.1 Å². The van der Waals surface area contributed by atoms with E-state index in [0.717, 1.165) is 0 Å². The van der Waals surface area contributed by atoms with Crippen LogP contribution < -0.4 is 10.6 Å². The normalized spacial score (nSPS) is 10.5. The Morgan fingerprint density at radius 1 is 0.912 bits per heavy atom. The lowest BCUT2D eigenvalue weighted by Crippen LogP contribution is -2.10. The van der Waals surface area contributed by atoms with Gasteiger partial charge >= 0.3 is 17.6 Å². The maximum absolute atomic E-state index is 12.1. The van der Waals surface area contributed by atoms with E-state index in [1.165, 1.54) is 25.6 Å². The summed E-state index contributed by atoms with van der Waals surface area (Å²) >= 11 is 0. The van der Waals surface area contributed by atoms with E-state index in [1.54, 1.807) is 36.4 Å². The second-order valence-electron chi connectivity index (χ2n) is 7.57. The molecule has 3 rings (SSSR count). The van der Waals surface area contributed by atoms with Crippen LogP contribution in [-0.2, 0) is 9.47 Å². The van der Waals surface area contributed by atoms with Crippen LogP contribution in [0.1, 0.15) is 34.6 Å². The van der Waals surface area contributed by atoms with Crippen molar-refractivity contribution in [1.82, 2.24) is 9.97 Å². The highest BCUT2D eigenvalue weighted by atomic mass is 16.6. The minimum absolute atomic E-state index is 0.0381. The zero-order chi connectivity index (χ0) is 24.7. The number of esters is 2. The maximum atomic E-state index is 12.1. The molecule has 11 nitrogen and oxygen atoms in total. The highest BCUT2D eigenvalue weighted by Crippen LogP contribution is 2.33. The van der Waals surface area contributed by atoms with E-state index in [9.17, 15) is 19.7 Å². The number of anilines is 4. The number of nitrogens with zero attached hydrogens (tertiary/aromatic N) is 3. The van der Waals surface area contributed by atoms with Crippen LogP contribution in [0.2, 0.25) is 0 Å². The van der Waals surface area contributed by atoms with Crippen LogP contribution in [0.5, 0.6) is 0 Å². The molecule has 0 aliphatic carbocycles. The Hall–Kier alpha value is -4.54. The maximum Gasteiger partial charge on any atom is 0.353 e. The molecule has 0 radical (unpaired) electrons. The van der Waals surface area contributed by atoms with E-state index in [2.05, 4.69) is 25.3 Å². The molecule has 176 valence electrons. The van der Waals surface area contributed by atoms with Crippen molar-refractivity contribution in [2.24, 2.45) is 5.92 Å². The lowest BCUT2D eigenvalue weighted by atomic mass is 10.2. The topological polar surface area (TPSA) is 146 Å². The van der Waals surface area contributed by atoms with Crippen LogP contribution >= 0.6 is 0 Å². The average Bonchev–Trinajstić information content (AvgIpc) is 2.83. The molecular formula is C23H23N5O6. The van der Waals surface area contributed by atoms with Crippen molar-refractivity contribution in [2.45, 2.75) is 13.8 Å². The van der Waals surface area contributed by atoms with Crippen LogP contribution in [0, 0.1) is 16.0 Å². The largest absolute Gasteiger partial charge is 0.465 e. The Balaban J connectivity index is 1.79. The van der Waals surface area contributed by atoms with E-state index in [4.69, 9.17) is 4.74 Å². The summed E-state index contributed by atoms with van der Waals surface area (Å²) in [6.07, 6.45) is 1.18. The first-order valence-electron chi connectivity index (χ1n) is 10.3. The first kappa shape index (κ1) is 24.1. The van der Waals surface area contributed by atoms with Crippen molar-refractivity contribution >= 4 is 40.6 Å². The molecule has 0 unspecified atom stereocenters. The minimum atomic E-state index is -0.606. The molecule has 0 bridgehead atoms. The number of aromatic nitrogens is 2. The van der Waals surface area contributed by atoms with Gasteiger partial charge in [-0.15, -0.1) is 0 Å². The molecule has 1 heterocycles. The van der Waals surface area contributed by atoms with Gasteiger partial charge in [0.1, 0.15) is 6.33 Å². The molecule has 3 aromatic rings. The van der Waals surface area contributed by atoms with Gasteiger partial charge in [-0.3, -0.25) is 10.1 Å². The molecule has 1 aromatic heterocycles. The molecule has 2 aromatic carbocycles. The van der Waals surface area contributed by atoms with Crippen molar-refractivity contribution in [3.63, 3.8) is 0 Å². The van der Waals surface area contributed by atoms with Crippen molar-refractivity contribution in [3.05, 3.63) is 76.1 Å². The van der Waals surface area contributed by atoms with Gasteiger partial charge in [-0.1, -0.05) is 13.8 Å². The summed E-state index contributed by atoms with van der Waals surface area (Å²) in [4.78, 5) is 42.8. The fraction of sp³-hybridized carbons (Fsp3) is 0.217. The summed E-state index contributed by atoms with van der Waals surface area (Å²) in [5, 5.41) is 17.5. The van der Waals surface area contributed by atoms with Crippen molar-refractivity contribution in [3.8, 4) is 0 Å². The third-order valence-corrected chi connectivity index (χ3v) is 4.50. The Bertz CT molecular complexity index is 1180. The third kappa shape index (κ3) is 6.03. The Morgan fingerprint density at radius 2 is 1.38 bits per heavy atom. The number of rotatable bonds is 9. The predicted molar refractivity (Wildman–Crippen MR) is 125 cm³/mol. The molecule has 34 heavy (non-hydrogen) atoms. The van der Waals surface area contributed by atoms with Crippen molar-refractivity contribution < 1.29 is 24.0 Å². The van der Waals surface area contributed by atoms with Crippen LogP contribution in [0.25, 0.3) is 0 Å². The zero-order valence-electron chi connectivity index (χ0n) is 18.8. The summed E-state index contributed by atoms with van der Waals surface area (Å²) in [5.74, 6) is -0.800. The summed E-state index contributed by atoms with van der Waals surface area (Å²) in [6.45, 7) is 4.19. The second kappa shape index (κ2) is 10.9. The number of ether oxygens (including phenoxy) is 2. The quantitative estimate of drug-likeness (QED) is 0.264. The highest BCUT2D eigenvalue weighted by Gasteiger charge is 2.23. The lowest BCUT2D eigenvalue weighted by Gasteiger charge is -2.11. The molecule has 0 amide bonds. The highest BCUT2D eigenvalue weighted by molar-refractivity contribution is 5.90. The summed E-state index contributed by atoms with van der Waals surface area (Å²) in [6, 6.07) is 12.5. The predicted octanol–water partition coefficient (Wildman–Crippen LogP) is 4.47. The molecule has 0 saturated carbocycles. The van der Waals surface area contributed by atoms with Gasteiger partial charge in [-0.25, -0.2) is 19.6 Å². The van der Waals surface area contributed by atoms with Crippen LogP contribution in [-0.4, -0.2) is 40.5 Å². The number of methoxy groups -OCH3 is 1. The molecule has 0 spiro atoms. The van der Waals surface area contributed by atoms with Gasteiger partial charge in [0.05, 0.1) is 29.8 Å². The van der Waals surface area contributed by atoms with Gasteiger partial charge in [0.15, 0.2) is 0 Å². The number of nitrogens with one attached hydrogen (secondary N) is 2. The van der Waals surface area contributed by atoms with Crippen LogP contribution in [0.15, 0.2) is 54.9 Å². The number of nitro groups is 1. The molecule has 0 aliphatic heterocycles. The fourth-order valence-electron chi connectivity index (χ4n) is 2.83. The van der Waals surface area contributed by atoms with E-state index in [-0.39, 0.29) is 23.2 Å². The Labute approximate surface area is 195 Å². The fourth-order valence-corrected chi connectivity index (χ4v) is 2.83. The standard InChI is InChI=1S/C23H23N5O6/c1-14(2)12-34-23(30)16-6-10-18(11-7-16)27-21-19(28(31)32)20(24-13-25-21)26-17-8-4-15(5-9-17)22(29)33-3/h4-11,13-14H,12H2,1-3H3,(H2,24,25,26,27). The average molecular weight is 465 g/mol. The van der Waals surface area contributed by atoms with Gasteiger partial charge in [-0.2, -0.15) is 0 Å². The van der Waals surface area contributed by atoms with Gasteiger partial charge in [0.25, 0.3) is 0 Å². The van der Waals surface area contributed by atoms with Gasteiger partial charge in [-0.05, 0) is 54.4 Å². The summed E-state index contributed by atoms with van der Waals surface area (Å²) < 4.78 is 9.85. The first-order chi connectivity index (χ1) is 16.3. The van der Waals surface area contributed by atoms with Gasteiger partial charge in [0.2, 0.25) is 11.6 Å². The molecular weight excluding hydrogens is 442 g/mol. The van der Waals surface area contributed by atoms with Crippen LogP contribution in [0.4, 0.5) is 28.7 Å². The zero-order valence-corrected chi connectivity index (χ0v) is 18.8. The smallest absolute Gasteiger partial charge is 0.353 e. The number of benzene rings is 2.